The van der Waals surface area contributed by atoms with Gasteiger partial charge in [-0.05, 0) is 30.3 Å². The molecule has 0 amide bonds. The summed E-state index contributed by atoms with van der Waals surface area (Å²) >= 11 is 3.23. The normalized spacial score (nSPS) is 11.3. The summed E-state index contributed by atoms with van der Waals surface area (Å²) in [5.41, 5.74) is -0.840. The first-order valence-corrected chi connectivity index (χ1v) is 5.77. The highest BCUT2D eigenvalue weighted by Gasteiger charge is 2.34. The topological polar surface area (TPSA) is 9.23 Å². The molecule has 0 aliphatic heterocycles. The van der Waals surface area contributed by atoms with Gasteiger partial charge in [0.1, 0.15) is 11.5 Å². The molecule has 2 aromatic rings. The molecule has 0 aromatic heterocycles. The quantitative estimate of drug-likeness (QED) is 0.752. The van der Waals surface area contributed by atoms with Gasteiger partial charge >= 0.3 is 6.18 Å². The van der Waals surface area contributed by atoms with Crippen LogP contribution in [0.4, 0.5) is 13.2 Å². The second-order valence-corrected chi connectivity index (χ2v) is 4.38. The fourth-order valence-electron chi connectivity index (χ4n) is 1.35. The highest BCUT2D eigenvalue weighted by Crippen LogP contribution is 2.37. The van der Waals surface area contributed by atoms with E-state index in [2.05, 4.69) is 22.0 Å². The van der Waals surface area contributed by atoms with Gasteiger partial charge in [-0.1, -0.05) is 28.1 Å². The Bertz CT molecular complexity index is 535. The maximum Gasteiger partial charge on any atom is 0.420 e. The Morgan fingerprint density at radius 1 is 1.06 bits per heavy atom. The van der Waals surface area contributed by atoms with Crippen molar-refractivity contribution >= 4 is 15.9 Å². The van der Waals surface area contributed by atoms with Gasteiger partial charge in [-0.3, -0.25) is 0 Å². The van der Waals surface area contributed by atoms with Crippen LogP contribution in [0.3, 0.4) is 0 Å². The number of rotatable bonds is 2. The van der Waals surface area contributed by atoms with Crippen molar-refractivity contribution in [1.82, 2.24) is 0 Å². The summed E-state index contributed by atoms with van der Waals surface area (Å²) in [6.45, 7) is 0. The monoisotopic (exact) mass is 315 g/mol. The van der Waals surface area contributed by atoms with Crippen molar-refractivity contribution in [3.63, 3.8) is 0 Å². The fraction of sp³-hybridized carbons (Fsp3) is 0.0769. The van der Waals surface area contributed by atoms with Crippen molar-refractivity contribution in [2.75, 3.05) is 0 Å². The maximum atomic E-state index is 12.7. The minimum absolute atomic E-state index is 0.325. The third-order valence-corrected chi connectivity index (χ3v) is 2.69. The molecular formula is C13H7BrF3O. The van der Waals surface area contributed by atoms with Crippen LogP contribution in [-0.2, 0) is 6.18 Å². The van der Waals surface area contributed by atoms with Crippen LogP contribution in [0.1, 0.15) is 5.56 Å². The predicted molar refractivity (Wildman–Crippen MR) is 64.5 cm³/mol. The smallest absolute Gasteiger partial charge is 0.420 e. The molecule has 0 saturated carbocycles. The Balaban J connectivity index is 2.32. The number of hydrogen-bond acceptors (Lipinski definition) is 1. The second-order valence-electron chi connectivity index (χ2n) is 3.47. The van der Waals surface area contributed by atoms with E-state index < -0.39 is 11.7 Å². The second kappa shape index (κ2) is 5.02. The lowest BCUT2D eigenvalue weighted by molar-refractivity contribution is -0.138. The van der Waals surface area contributed by atoms with E-state index in [4.69, 9.17) is 4.74 Å². The predicted octanol–water partition coefficient (Wildman–Crippen LogP) is 5.06. The molecule has 18 heavy (non-hydrogen) atoms. The zero-order chi connectivity index (χ0) is 13.2. The van der Waals surface area contributed by atoms with Crippen molar-refractivity contribution in [3.05, 3.63) is 58.6 Å². The molecule has 0 heterocycles. The van der Waals surface area contributed by atoms with Crippen LogP contribution in [0.5, 0.6) is 11.5 Å². The van der Waals surface area contributed by atoms with Gasteiger partial charge < -0.3 is 4.74 Å². The highest BCUT2D eigenvalue weighted by atomic mass is 79.9. The molecule has 93 valence electrons. The maximum absolute atomic E-state index is 12.7. The number of hydrogen-bond donors (Lipinski definition) is 0. The van der Waals surface area contributed by atoms with Gasteiger partial charge in [-0.25, -0.2) is 0 Å². The summed E-state index contributed by atoms with van der Waals surface area (Å²) in [5.74, 6) is -0.00141. The number of ether oxygens (including phenoxy) is 1. The van der Waals surface area contributed by atoms with Crippen molar-refractivity contribution in [2.45, 2.75) is 6.18 Å². The summed E-state index contributed by atoms with van der Waals surface area (Å²) in [6, 6.07) is 12.6. The zero-order valence-electron chi connectivity index (χ0n) is 8.96. The number of para-hydroxylation sites is 1. The molecule has 0 saturated heterocycles. The molecule has 0 aliphatic rings. The van der Waals surface area contributed by atoms with Gasteiger partial charge in [0, 0.05) is 10.5 Å². The molecule has 0 N–H and O–H groups in total. The Hall–Kier alpha value is -1.49. The Morgan fingerprint density at radius 2 is 1.72 bits per heavy atom. The van der Waals surface area contributed by atoms with E-state index in [1.54, 1.807) is 24.3 Å². The molecule has 0 bridgehead atoms. The molecular weight excluding hydrogens is 309 g/mol. The van der Waals surface area contributed by atoms with E-state index in [9.17, 15) is 13.2 Å². The summed E-state index contributed by atoms with van der Waals surface area (Å²) < 4.78 is 44.1. The molecule has 0 atom stereocenters. The summed E-state index contributed by atoms with van der Waals surface area (Å²) in [4.78, 5) is 0. The van der Waals surface area contributed by atoms with E-state index in [0.717, 1.165) is 10.5 Å². The van der Waals surface area contributed by atoms with Crippen LogP contribution in [0.2, 0.25) is 0 Å². The lowest BCUT2D eigenvalue weighted by Gasteiger charge is -2.12. The van der Waals surface area contributed by atoms with Crippen molar-refractivity contribution in [2.24, 2.45) is 0 Å². The van der Waals surface area contributed by atoms with Gasteiger partial charge in [0.2, 0.25) is 0 Å². The van der Waals surface area contributed by atoms with Crippen molar-refractivity contribution in [3.8, 4) is 11.5 Å². The van der Waals surface area contributed by atoms with E-state index in [0.29, 0.717) is 5.75 Å². The summed E-state index contributed by atoms with van der Waals surface area (Å²) in [6.07, 6.45) is -4.46. The molecule has 2 rings (SSSR count). The van der Waals surface area contributed by atoms with Crippen LogP contribution < -0.4 is 4.74 Å². The van der Waals surface area contributed by atoms with Crippen LogP contribution >= 0.6 is 15.9 Å². The van der Waals surface area contributed by atoms with Crippen LogP contribution in [-0.4, -0.2) is 0 Å². The summed E-state index contributed by atoms with van der Waals surface area (Å²) in [5, 5.41) is 0. The van der Waals surface area contributed by atoms with Crippen LogP contribution in [0.25, 0.3) is 0 Å². The first-order chi connectivity index (χ1) is 8.47. The first-order valence-electron chi connectivity index (χ1n) is 4.98. The third kappa shape index (κ3) is 3.04. The summed E-state index contributed by atoms with van der Waals surface area (Å²) in [7, 11) is 0. The molecule has 0 unspecified atom stereocenters. The fourth-order valence-corrected chi connectivity index (χ4v) is 1.61. The lowest BCUT2D eigenvalue weighted by atomic mass is 10.2. The van der Waals surface area contributed by atoms with Crippen molar-refractivity contribution < 1.29 is 17.9 Å². The minimum atomic E-state index is -4.46. The standard InChI is InChI=1S/C13H7BrF3O/c14-9-5-7-10(8-6-9)18-12-4-2-1-3-11(12)13(15,16)17/h1-3,5-8H. The van der Waals surface area contributed by atoms with E-state index in [1.165, 1.54) is 12.1 Å². The van der Waals surface area contributed by atoms with Crippen molar-refractivity contribution in [1.29, 1.82) is 0 Å². The van der Waals surface area contributed by atoms with E-state index >= 15 is 0 Å². The van der Waals surface area contributed by atoms with Crippen LogP contribution in [0, 0.1) is 6.07 Å². The number of benzene rings is 2. The SMILES string of the molecule is FC(F)(F)c1ccc[c]c1Oc1ccc(Br)cc1. The molecule has 1 radical (unpaired) electrons. The van der Waals surface area contributed by atoms with E-state index in [1.807, 2.05) is 0 Å². The van der Waals surface area contributed by atoms with Gasteiger partial charge in [0.15, 0.2) is 0 Å². The molecule has 2 aromatic carbocycles. The van der Waals surface area contributed by atoms with Gasteiger partial charge in [0.05, 0.1) is 5.56 Å². The zero-order valence-corrected chi connectivity index (χ0v) is 10.5. The highest BCUT2D eigenvalue weighted by molar-refractivity contribution is 9.10. The average molecular weight is 316 g/mol. The largest absolute Gasteiger partial charge is 0.456 e. The number of alkyl halides is 3. The molecule has 1 nitrogen and oxygen atoms in total. The Morgan fingerprint density at radius 3 is 2.33 bits per heavy atom. The average Bonchev–Trinajstić information content (AvgIpc) is 2.31. The third-order valence-electron chi connectivity index (χ3n) is 2.16. The first kappa shape index (κ1) is 13.0. The number of halogens is 4. The van der Waals surface area contributed by atoms with Crippen LogP contribution in [0.15, 0.2) is 46.9 Å². The molecule has 0 spiro atoms. The van der Waals surface area contributed by atoms with E-state index in [-0.39, 0.29) is 5.75 Å². The van der Waals surface area contributed by atoms with Gasteiger partial charge in [-0.15, -0.1) is 0 Å². The Kier molecular flexibility index (Phi) is 3.61. The molecule has 0 aliphatic carbocycles. The lowest BCUT2D eigenvalue weighted by Crippen LogP contribution is -2.06. The Labute approximate surface area is 110 Å². The minimum Gasteiger partial charge on any atom is -0.456 e. The molecule has 5 heteroatoms. The van der Waals surface area contributed by atoms with Gasteiger partial charge in [-0.2, -0.15) is 13.2 Å². The van der Waals surface area contributed by atoms with Gasteiger partial charge in [0.25, 0.3) is 0 Å². The molecule has 0 fully saturated rings.